The molecule has 0 amide bonds. The lowest BCUT2D eigenvalue weighted by Gasteiger charge is -2.28. The molecule has 16 heavy (non-hydrogen) atoms. The second-order valence-electron chi connectivity index (χ2n) is 6.05. The molecule has 0 spiro atoms. The molecule has 88 valence electrons. The number of pyridine rings is 1. The average Bonchev–Trinajstić information content (AvgIpc) is 2.36. The summed E-state index contributed by atoms with van der Waals surface area (Å²) >= 11 is 0. The Hall–Kier alpha value is -0.890. The molecular weight excluding hydrogens is 198 g/mol. The maximum absolute atomic E-state index is 10.7. The van der Waals surface area contributed by atoms with Crippen molar-refractivity contribution in [3.05, 3.63) is 30.1 Å². The highest BCUT2D eigenvalue weighted by Gasteiger charge is 2.47. The maximum Gasteiger partial charge on any atom is 0.0733 e. The molecule has 1 aliphatic rings. The summed E-state index contributed by atoms with van der Waals surface area (Å²) in [4.78, 5) is 4.31. The summed E-state index contributed by atoms with van der Waals surface area (Å²) in [7, 11) is 0. The third-order valence-electron chi connectivity index (χ3n) is 3.77. The van der Waals surface area contributed by atoms with E-state index in [4.69, 9.17) is 0 Å². The first-order valence-corrected chi connectivity index (χ1v) is 6.04. The molecule has 0 bridgehead atoms. The first-order valence-electron chi connectivity index (χ1n) is 6.04. The number of aromatic nitrogens is 1. The van der Waals surface area contributed by atoms with Gasteiger partial charge in [0.25, 0.3) is 0 Å². The van der Waals surface area contributed by atoms with E-state index in [1.54, 1.807) is 6.20 Å². The van der Waals surface area contributed by atoms with Gasteiger partial charge in [-0.2, -0.15) is 0 Å². The van der Waals surface area contributed by atoms with Crippen LogP contribution in [0.3, 0.4) is 0 Å². The zero-order valence-corrected chi connectivity index (χ0v) is 10.4. The Bertz CT molecular complexity index is 360. The van der Waals surface area contributed by atoms with Crippen LogP contribution < -0.4 is 0 Å². The summed E-state index contributed by atoms with van der Waals surface area (Å²) in [5.74, 6) is 0.351. The van der Waals surface area contributed by atoms with E-state index in [2.05, 4.69) is 25.8 Å². The molecule has 2 heteroatoms. The lowest BCUT2D eigenvalue weighted by Crippen LogP contribution is -2.35. The maximum atomic E-state index is 10.7. The van der Waals surface area contributed by atoms with Gasteiger partial charge in [-0.15, -0.1) is 0 Å². The smallest absolute Gasteiger partial charge is 0.0733 e. The average molecular weight is 219 g/mol. The molecule has 2 rings (SSSR count). The molecule has 2 unspecified atom stereocenters. The van der Waals surface area contributed by atoms with Crippen LogP contribution in [0.15, 0.2) is 24.4 Å². The summed E-state index contributed by atoms with van der Waals surface area (Å²) in [6.45, 7) is 6.62. The zero-order chi connectivity index (χ0) is 11.8. The van der Waals surface area contributed by atoms with Crippen LogP contribution in [0.1, 0.15) is 39.3 Å². The molecule has 2 nitrogen and oxygen atoms in total. The van der Waals surface area contributed by atoms with Crippen molar-refractivity contribution in [2.75, 3.05) is 0 Å². The van der Waals surface area contributed by atoms with E-state index in [1.807, 2.05) is 18.2 Å². The fraction of sp³-hybridized carbons (Fsp3) is 0.643. The molecule has 1 aromatic rings. The van der Waals surface area contributed by atoms with Crippen LogP contribution in [0.5, 0.6) is 0 Å². The Morgan fingerprint density at radius 1 is 1.44 bits per heavy atom. The van der Waals surface area contributed by atoms with Crippen molar-refractivity contribution in [1.29, 1.82) is 0 Å². The molecule has 0 aliphatic heterocycles. The van der Waals surface area contributed by atoms with Gasteiger partial charge >= 0.3 is 0 Å². The van der Waals surface area contributed by atoms with Gasteiger partial charge in [0.2, 0.25) is 0 Å². The highest BCUT2D eigenvalue weighted by Crippen LogP contribution is 2.48. The minimum absolute atomic E-state index is 0.253. The Labute approximate surface area is 97.7 Å². The van der Waals surface area contributed by atoms with Gasteiger partial charge < -0.3 is 5.11 Å². The molecule has 1 N–H and O–H groups in total. The summed E-state index contributed by atoms with van der Waals surface area (Å²) in [6, 6.07) is 5.89. The highest BCUT2D eigenvalue weighted by molar-refractivity contribution is 5.10. The fourth-order valence-corrected chi connectivity index (χ4v) is 3.15. The molecule has 0 radical (unpaired) electrons. The van der Waals surface area contributed by atoms with Crippen LogP contribution in [-0.2, 0) is 6.42 Å². The van der Waals surface area contributed by atoms with Crippen molar-refractivity contribution >= 4 is 0 Å². The van der Waals surface area contributed by atoms with Gasteiger partial charge in [0.15, 0.2) is 0 Å². The van der Waals surface area contributed by atoms with E-state index in [-0.39, 0.29) is 5.41 Å². The van der Waals surface area contributed by atoms with Crippen LogP contribution in [0, 0.1) is 11.3 Å². The number of hydrogen-bond donors (Lipinski definition) is 1. The number of aliphatic hydroxyl groups is 1. The van der Waals surface area contributed by atoms with Crippen LogP contribution in [0.25, 0.3) is 0 Å². The van der Waals surface area contributed by atoms with Crippen molar-refractivity contribution < 1.29 is 5.11 Å². The van der Waals surface area contributed by atoms with Gasteiger partial charge in [-0.1, -0.05) is 26.8 Å². The van der Waals surface area contributed by atoms with E-state index in [0.29, 0.717) is 12.3 Å². The minimum Gasteiger partial charge on any atom is -0.389 e. The van der Waals surface area contributed by atoms with E-state index in [0.717, 1.165) is 18.5 Å². The van der Waals surface area contributed by atoms with E-state index in [1.165, 1.54) is 0 Å². The number of hydrogen-bond acceptors (Lipinski definition) is 2. The first-order chi connectivity index (χ1) is 7.41. The Kier molecular flexibility index (Phi) is 2.79. The van der Waals surface area contributed by atoms with Gasteiger partial charge in [0.05, 0.1) is 5.60 Å². The molecule has 1 saturated carbocycles. The molecule has 0 saturated heterocycles. The summed E-state index contributed by atoms with van der Waals surface area (Å²) in [6.07, 6.45) is 4.44. The molecule has 1 heterocycles. The minimum atomic E-state index is -0.572. The lowest BCUT2D eigenvalue weighted by atomic mass is 9.86. The van der Waals surface area contributed by atoms with Crippen molar-refractivity contribution in [2.24, 2.45) is 11.3 Å². The third kappa shape index (κ3) is 2.27. The zero-order valence-electron chi connectivity index (χ0n) is 10.4. The highest BCUT2D eigenvalue weighted by atomic mass is 16.3. The van der Waals surface area contributed by atoms with E-state index < -0.39 is 5.60 Å². The Balaban J connectivity index is 2.15. The molecule has 1 aromatic heterocycles. The quantitative estimate of drug-likeness (QED) is 0.829. The van der Waals surface area contributed by atoms with Gasteiger partial charge in [-0.3, -0.25) is 4.98 Å². The standard InChI is InChI=1S/C14H21NO/c1-11-8-13(2,3)10-14(11,16)9-12-6-4-5-7-15-12/h4-7,11,16H,8-10H2,1-3H3. The Morgan fingerprint density at radius 2 is 2.19 bits per heavy atom. The van der Waals surface area contributed by atoms with Gasteiger partial charge in [0.1, 0.15) is 0 Å². The normalized spacial score (nSPS) is 32.9. The molecule has 1 aliphatic carbocycles. The van der Waals surface area contributed by atoms with Crippen molar-refractivity contribution in [3.63, 3.8) is 0 Å². The van der Waals surface area contributed by atoms with Gasteiger partial charge in [-0.05, 0) is 36.3 Å². The fourth-order valence-electron chi connectivity index (χ4n) is 3.15. The van der Waals surface area contributed by atoms with Crippen LogP contribution in [0.2, 0.25) is 0 Å². The second-order valence-corrected chi connectivity index (χ2v) is 6.05. The number of nitrogens with zero attached hydrogens (tertiary/aromatic N) is 1. The largest absolute Gasteiger partial charge is 0.389 e. The van der Waals surface area contributed by atoms with Crippen LogP contribution in [0.4, 0.5) is 0 Å². The van der Waals surface area contributed by atoms with Gasteiger partial charge in [-0.25, -0.2) is 0 Å². The van der Waals surface area contributed by atoms with Crippen molar-refractivity contribution in [2.45, 2.75) is 45.6 Å². The Morgan fingerprint density at radius 3 is 2.69 bits per heavy atom. The third-order valence-corrected chi connectivity index (χ3v) is 3.77. The van der Waals surface area contributed by atoms with Crippen LogP contribution >= 0.6 is 0 Å². The van der Waals surface area contributed by atoms with Crippen molar-refractivity contribution in [3.8, 4) is 0 Å². The monoisotopic (exact) mass is 219 g/mol. The summed E-state index contributed by atoms with van der Waals surface area (Å²) in [5.41, 5.74) is 0.676. The summed E-state index contributed by atoms with van der Waals surface area (Å²) < 4.78 is 0. The molecule has 0 aromatic carbocycles. The van der Waals surface area contributed by atoms with E-state index in [9.17, 15) is 5.11 Å². The van der Waals surface area contributed by atoms with Gasteiger partial charge in [0, 0.05) is 18.3 Å². The summed E-state index contributed by atoms with van der Waals surface area (Å²) in [5, 5.41) is 10.7. The number of rotatable bonds is 2. The predicted molar refractivity (Wildman–Crippen MR) is 65.1 cm³/mol. The predicted octanol–water partition coefficient (Wildman–Crippen LogP) is 2.81. The first kappa shape index (κ1) is 11.6. The molecule has 2 atom stereocenters. The van der Waals surface area contributed by atoms with Crippen molar-refractivity contribution in [1.82, 2.24) is 4.98 Å². The molecular formula is C14H21NO. The SMILES string of the molecule is CC1CC(C)(C)CC1(O)Cc1ccccn1. The van der Waals surface area contributed by atoms with E-state index >= 15 is 0 Å². The lowest BCUT2D eigenvalue weighted by molar-refractivity contribution is 0.00361. The topological polar surface area (TPSA) is 33.1 Å². The van der Waals surface area contributed by atoms with Crippen LogP contribution in [-0.4, -0.2) is 15.7 Å². The second kappa shape index (κ2) is 3.85. The molecule has 1 fully saturated rings.